The highest BCUT2D eigenvalue weighted by Gasteiger charge is 2.12. The van der Waals surface area contributed by atoms with Gasteiger partial charge in [0.25, 0.3) is 5.89 Å². The topological polar surface area (TPSA) is 80.9 Å². The van der Waals surface area contributed by atoms with Gasteiger partial charge in [0.05, 0.1) is 0 Å². The van der Waals surface area contributed by atoms with Crippen LogP contribution in [0, 0.1) is 13.8 Å². The molecule has 24 heavy (non-hydrogen) atoms. The molecule has 3 aromatic rings. The molecule has 1 amide bonds. The van der Waals surface area contributed by atoms with E-state index in [1.807, 2.05) is 18.2 Å². The van der Waals surface area contributed by atoms with E-state index < -0.39 is 0 Å². The summed E-state index contributed by atoms with van der Waals surface area (Å²) in [5, 5.41) is 10.7. The van der Waals surface area contributed by atoms with Gasteiger partial charge in [0.15, 0.2) is 0 Å². The third-order valence-corrected chi connectivity index (χ3v) is 3.72. The van der Waals surface area contributed by atoms with Crippen molar-refractivity contribution in [2.24, 2.45) is 0 Å². The molecule has 122 valence electrons. The van der Waals surface area contributed by atoms with Crippen LogP contribution < -0.4 is 5.32 Å². The van der Waals surface area contributed by atoms with Crippen LogP contribution in [0.25, 0.3) is 11.6 Å². The molecular weight excluding hydrogens is 304 g/mol. The number of pyridine rings is 1. The van der Waals surface area contributed by atoms with Crippen molar-refractivity contribution in [3.63, 3.8) is 0 Å². The molecule has 0 spiro atoms. The molecule has 0 atom stereocenters. The number of rotatable bonds is 5. The number of hydrogen-bond donors (Lipinski definition) is 1. The zero-order valence-corrected chi connectivity index (χ0v) is 13.6. The highest BCUT2D eigenvalue weighted by molar-refractivity contribution is 5.77. The predicted octanol–water partition coefficient (Wildman–Crippen LogP) is 2.61. The van der Waals surface area contributed by atoms with Gasteiger partial charge in [-0.25, -0.2) is 0 Å². The average Bonchev–Trinajstić information content (AvgIpc) is 3.05. The molecule has 0 unspecified atom stereocenters. The van der Waals surface area contributed by atoms with Crippen LogP contribution in [0.2, 0.25) is 0 Å². The fraction of sp³-hybridized carbons (Fsp3) is 0.222. The molecule has 6 heteroatoms. The first-order chi connectivity index (χ1) is 11.6. The van der Waals surface area contributed by atoms with Crippen LogP contribution in [-0.2, 0) is 17.8 Å². The summed E-state index contributed by atoms with van der Waals surface area (Å²) in [4.78, 5) is 16.2. The van der Waals surface area contributed by atoms with E-state index in [1.54, 1.807) is 18.3 Å². The number of hydrogen-bond acceptors (Lipinski definition) is 5. The lowest BCUT2D eigenvalue weighted by atomic mass is 10.1. The number of amides is 1. The van der Waals surface area contributed by atoms with Gasteiger partial charge in [-0.3, -0.25) is 9.78 Å². The van der Waals surface area contributed by atoms with Gasteiger partial charge in [-0.15, -0.1) is 10.2 Å². The summed E-state index contributed by atoms with van der Waals surface area (Å²) in [7, 11) is 0. The van der Waals surface area contributed by atoms with E-state index in [0.29, 0.717) is 18.1 Å². The average molecular weight is 322 g/mol. The van der Waals surface area contributed by atoms with Gasteiger partial charge in [0.2, 0.25) is 11.8 Å². The monoisotopic (exact) mass is 322 g/mol. The number of nitrogens with zero attached hydrogens (tertiary/aromatic N) is 3. The molecule has 0 radical (unpaired) electrons. The molecule has 0 aliphatic heterocycles. The molecule has 0 bridgehead atoms. The van der Waals surface area contributed by atoms with E-state index in [2.05, 4.69) is 40.4 Å². The Morgan fingerprint density at radius 2 is 2.00 bits per heavy atom. The van der Waals surface area contributed by atoms with Gasteiger partial charge in [0, 0.05) is 12.7 Å². The minimum atomic E-state index is -0.163. The Morgan fingerprint density at radius 3 is 2.75 bits per heavy atom. The fourth-order valence-corrected chi connectivity index (χ4v) is 2.23. The van der Waals surface area contributed by atoms with Gasteiger partial charge in [-0.05, 0) is 42.7 Å². The molecule has 1 N–H and O–H groups in total. The van der Waals surface area contributed by atoms with Crippen LogP contribution in [0.15, 0.2) is 47.0 Å². The maximum Gasteiger partial charge on any atom is 0.266 e. The first-order valence-corrected chi connectivity index (χ1v) is 7.68. The van der Waals surface area contributed by atoms with Gasteiger partial charge >= 0.3 is 0 Å². The summed E-state index contributed by atoms with van der Waals surface area (Å²) >= 11 is 0. The van der Waals surface area contributed by atoms with E-state index >= 15 is 0 Å². The van der Waals surface area contributed by atoms with Crippen LogP contribution in [0.3, 0.4) is 0 Å². The van der Waals surface area contributed by atoms with Gasteiger partial charge in [-0.2, -0.15) is 0 Å². The first-order valence-electron chi connectivity index (χ1n) is 7.68. The number of benzene rings is 1. The summed E-state index contributed by atoms with van der Waals surface area (Å²) in [6, 6.07) is 11.5. The molecule has 0 aliphatic rings. The summed E-state index contributed by atoms with van der Waals surface area (Å²) < 4.78 is 5.48. The molecule has 0 saturated carbocycles. The first kappa shape index (κ1) is 15.9. The van der Waals surface area contributed by atoms with E-state index in [-0.39, 0.29) is 18.2 Å². The van der Waals surface area contributed by atoms with Crippen LogP contribution in [-0.4, -0.2) is 21.1 Å². The van der Waals surface area contributed by atoms with E-state index in [0.717, 1.165) is 5.56 Å². The second-order valence-corrected chi connectivity index (χ2v) is 5.59. The molecule has 0 saturated heterocycles. The van der Waals surface area contributed by atoms with Crippen molar-refractivity contribution in [2.45, 2.75) is 26.8 Å². The van der Waals surface area contributed by atoms with Crippen LogP contribution in [0.5, 0.6) is 0 Å². The number of aryl methyl sites for hydroxylation is 2. The minimum Gasteiger partial charge on any atom is -0.419 e. The Hall–Kier alpha value is -3.02. The second kappa shape index (κ2) is 7.04. The van der Waals surface area contributed by atoms with Crippen LogP contribution >= 0.6 is 0 Å². The molecule has 2 heterocycles. The number of carbonyl (C=O) groups is 1. The van der Waals surface area contributed by atoms with Gasteiger partial charge in [-0.1, -0.05) is 24.3 Å². The summed E-state index contributed by atoms with van der Waals surface area (Å²) in [6.45, 7) is 4.59. The lowest BCUT2D eigenvalue weighted by molar-refractivity contribution is -0.120. The standard InChI is InChI=1S/C18H18N4O2/c1-12-6-7-14(9-13(12)2)11-20-16(23)10-17-21-22-18(24-17)15-5-3-4-8-19-15/h3-9H,10-11H2,1-2H3,(H,20,23). The summed E-state index contributed by atoms with van der Waals surface area (Å²) in [5.41, 5.74) is 4.09. The minimum absolute atomic E-state index is 0.0463. The van der Waals surface area contributed by atoms with Crippen LogP contribution in [0.4, 0.5) is 0 Å². The molecule has 0 fully saturated rings. The molecule has 6 nitrogen and oxygen atoms in total. The van der Waals surface area contributed by atoms with Crippen LogP contribution in [0.1, 0.15) is 22.6 Å². The third-order valence-electron chi connectivity index (χ3n) is 3.72. The third kappa shape index (κ3) is 3.84. The lowest BCUT2D eigenvalue weighted by Crippen LogP contribution is -2.24. The normalized spacial score (nSPS) is 10.6. The predicted molar refractivity (Wildman–Crippen MR) is 89.0 cm³/mol. The van der Waals surface area contributed by atoms with E-state index in [9.17, 15) is 4.79 Å². The Labute approximate surface area is 140 Å². The van der Waals surface area contributed by atoms with Crippen molar-refractivity contribution in [1.29, 1.82) is 0 Å². The molecule has 2 aromatic heterocycles. The largest absolute Gasteiger partial charge is 0.419 e. The SMILES string of the molecule is Cc1ccc(CNC(=O)Cc2nnc(-c3ccccn3)o2)cc1C. The van der Waals surface area contributed by atoms with Crippen molar-refractivity contribution < 1.29 is 9.21 Å². The van der Waals surface area contributed by atoms with Gasteiger partial charge in [0.1, 0.15) is 12.1 Å². The zero-order valence-electron chi connectivity index (χ0n) is 13.6. The van der Waals surface area contributed by atoms with Crippen molar-refractivity contribution in [3.8, 4) is 11.6 Å². The van der Waals surface area contributed by atoms with E-state index in [4.69, 9.17) is 4.42 Å². The molecular formula is C18H18N4O2. The molecule has 3 rings (SSSR count). The van der Waals surface area contributed by atoms with Crippen molar-refractivity contribution >= 4 is 5.91 Å². The highest BCUT2D eigenvalue weighted by Crippen LogP contribution is 2.14. The number of carbonyl (C=O) groups excluding carboxylic acids is 1. The summed E-state index contributed by atoms with van der Waals surface area (Å²) in [5.74, 6) is 0.422. The highest BCUT2D eigenvalue weighted by atomic mass is 16.4. The van der Waals surface area contributed by atoms with Crippen molar-refractivity contribution in [3.05, 3.63) is 65.2 Å². The summed E-state index contributed by atoms with van der Waals surface area (Å²) in [6.07, 6.45) is 1.69. The smallest absolute Gasteiger partial charge is 0.266 e. The second-order valence-electron chi connectivity index (χ2n) is 5.59. The maximum absolute atomic E-state index is 12.0. The number of aromatic nitrogens is 3. The quantitative estimate of drug-likeness (QED) is 0.781. The van der Waals surface area contributed by atoms with Crippen molar-refractivity contribution in [1.82, 2.24) is 20.5 Å². The zero-order chi connectivity index (χ0) is 16.9. The maximum atomic E-state index is 12.0. The molecule has 1 aromatic carbocycles. The molecule has 0 aliphatic carbocycles. The van der Waals surface area contributed by atoms with Gasteiger partial charge < -0.3 is 9.73 Å². The number of nitrogens with one attached hydrogen (secondary N) is 1. The Morgan fingerprint density at radius 1 is 1.12 bits per heavy atom. The van der Waals surface area contributed by atoms with Crippen molar-refractivity contribution in [2.75, 3.05) is 0 Å². The van der Waals surface area contributed by atoms with E-state index in [1.165, 1.54) is 11.1 Å². The Balaban J connectivity index is 1.57. The Bertz CT molecular complexity index is 843. The fourth-order valence-electron chi connectivity index (χ4n) is 2.23. The lowest BCUT2D eigenvalue weighted by Gasteiger charge is -2.06. The Kier molecular flexibility index (Phi) is 4.65.